The van der Waals surface area contributed by atoms with Gasteiger partial charge in [0.15, 0.2) is 5.13 Å². The molecule has 7 nitrogen and oxygen atoms in total. The number of aryl methyl sites for hydroxylation is 1. The fourth-order valence-electron chi connectivity index (χ4n) is 1.02. The first-order valence-electron chi connectivity index (χ1n) is 4.70. The van der Waals surface area contributed by atoms with Crippen LogP contribution in [0.4, 0.5) is 5.13 Å². The van der Waals surface area contributed by atoms with Crippen molar-refractivity contribution >= 4 is 34.3 Å². The third-order valence-electron chi connectivity index (χ3n) is 1.77. The monoisotopic (exact) mass is 269 g/mol. The van der Waals surface area contributed by atoms with E-state index in [9.17, 15) is 19.5 Å². The van der Waals surface area contributed by atoms with Gasteiger partial charge in [-0.25, -0.2) is 9.78 Å². The van der Waals surface area contributed by atoms with Crippen molar-refractivity contribution in [3.8, 4) is 0 Å². The van der Waals surface area contributed by atoms with Crippen molar-refractivity contribution in [2.75, 3.05) is 12.4 Å². The van der Waals surface area contributed by atoms with Crippen molar-refractivity contribution in [1.29, 1.82) is 0 Å². The van der Waals surface area contributed by atoms with E-state index in [1.807, 2.05) is 0 Å². The van der Waals surface area contributed by atoms with Gasteiger partial charge in [0.2, 0.25) is 5.91 Å². The standard InChI is InChI=1S/C10H10N2O5S/c1-5-8(9(16)17-2)18-10(11-5)12-6(13)3-4-7(14)15/h3-4H,1-2H3,(H,14,15)(H,11,12,13)/p-1. The van der Waals surface area contributed by atoms with Gasteiger partial charge in [-0.15, -0.1) is 0 Å². The molecule has 0 spiro atoms. The van der Waals surface area contributed by atoms with Crippen LogP contribution >= 0.6 is 11.3 Å². The molecule has 1 heterocycles. The molecular formula is C10H9N2O5S-. The van der Waals surface area contributed by atoms with Gasteiger partial charge in [0.1, 0.15) is 4.88 Å². The molecule has 1 rings (SSSR count). The number of carboxylic acid groups (broad SMARTS) is 1. The molecule has 0 atom stereocenters. The fraction of sp³-hybridized carbons (Fsp3) is 0.200. The highest BCUT2D eigenvalue weighted by Gasteiger charge is 2.16. The van der Waals surface area contributed by atoms with E-state index in [2.05, 4.69) is 15.0 Å². The van der Waals surface area contributed by atoms with E-state index in [4.69, 9.17) is 0 Å². The lowest BCUT2D eigenvalue weighted by atomic mass is 10.4. The molecule has 0 fully saturated rings. The first kappa shape index (κ1) is 13.8. The van der Waals surface area contributed by atoms with Crippen molar-refractivity contribution in [3.05, 3.63) is 22.7 Å². The number of amides is 1. The molecular weight excluding hydrogens is 260 g/mol. The minimum atomic E-state index is -1.48. The van der Waals surface area contributed by atoms with E-state index >= 15 is 0 Å². The molecule has 1 N–H and O–H groups in total. The lowest BCUT2D eigenvalue weighted by molar-refractivity contribution is -0.297. The maximum atomic E-state index is 11.3. The van der Waals surface area contributed by atoms with Crippen LogP contribution in [0.3, 0.4) is 0 Å². The number of thiazole rings is 1. The number of aromatic nitrogens is 1. The summed E-state index contributed by atoms with van der Waals surface area (Å²) in [5.74, 6) is -2.70. The average Bonchev–Trinajstić information content (AvgIpc) is 2.66. The van der Waals surface area contributed by atoms with E-state index in [0.717, 1.165) is 17.4 Å². The molecule has 0 unspecified atom stereocenters. The van der Waals surface area contributed by atoms with Gasteiger partial charge in [-0.1, -0.05) is 11.3 Å². The van der Waals surface area contributed by atoms with Crippen LogP contribution in [0.2, 0.25) is 0 Å². The first-order chi connectivity index (χ1) is 8.43. The fourth-order valence-corrected chi connectivity index (χ4v) is 1.91. The van der Waals surface area contributed by atoms with Crippen molar-refractivity contribution in [2.45, 2.75) is 6.92 Å². The van der Waals surface area contributed by atoms with Crippen LogP contribution < -0.4 is 10.4 Å². The summed E-state index contributed by atoms with van der Waals surface area (Å²) < 4.78 is 4.53. The van der Waals surface area contributed by atoms with Crippen LogP contribution in [0.25, 0.3) is 0 Å². The van der Waals surface area contributed by atoms with Crippen LogP contribution in [0, 0.1) is 6.92 Å². The molecule has 0 radical (unpaired) electrons. The van der Waals surface area contributed by atoms with Crippen LogP contribution in [-0.4, -0.2) is 29.9 Å². The molecule has 1 amide bonds. The zero-order valence-corrected chi connectivity index (χ0v) is 10.4. The van der Waals surface area contributed by atoms with Crippen molar-refractivity contribution in [2.24, 2.45) is 0 Å². The average molecular weight is 269 g/mol. The number of aliphatic carboxylic acids is 1. The van der Waals surface area contributed by atoms with Gasteiger partial charge in [0, 0.05) is 6.08 Å². The largest absolute Gasteiger partial charge is 0.545 e. The zero-order chi connectivity index (χ0) is 13.7. The highest BCUT2D eigenvalue weighted by Crippen LogP contribution is 2.23. The number of hydrogen-bond acceptors (Lipinski definition) is 7. The third-order valence-corrected chi connectivity index (χ3v) is 2.82. The van der Waals surface area contributed by atoms with E-state index < -0.39 is 17.8 Å². The molecule has 18 heavy (non-hydrogen) atoms. The predicted molar refractivity (Wildman–Crippen MR) is 61.0 cm³/mol. The molecule has 96 valence electrons. The number of ether oxygens (including phenoxy) is 1. The number of carbonyl (C=O) groups is 3. The second-order valence-electron chi connectivity index (χ2n) is 3.07. The Labute approximate surface area is 106 Å². The molecule has 1 aromatic heterocycles. The Balaban J connectivity index is 2.78. The zero-order valence-electron chi connectivity index (χ0n) is 9.55. The Morgan fingerprint density at radius 1 is 1.39 bits per heavy atom. The number of methoxy groups -OCH3 is 1. The van der Waals surface area contributed by atoms with Gasteiger partial charge in [-0.3, -0.25) is 10.1 Å². The molecule has 0 bridgehead atoms. The summed E-state index contributed by atoms with van der Waals surface area (Å²) in [6.45, 7) is 1.59. The van der Waals surface area contributed by atoms with Gasteiger partial charge in [0.05, 0.1) is 18.8 Å². The third kappa shape index (κ3) is 3.67. The van der Waals surface area contributed by atoms with Crippen molar-refractivity contribution in [3.63, 3.8) is 0 Å². The van der Waals surface area contributed by atoms with E-state index in [1.54, 1.807) is 6.92 Å². The highest BCUT2D eigenvalue weighted by atomic mass is 32.1. The number of nitrogens with zero attached hydrogens (tertiary/aromatic N) is 1. The molecule has 0 aliphatic heterocycles. The summed E-state index contributed by atoms with van der Waals surface area (Å²) in [7, 11) is 1.24. The van der Waals surface area contributed by atoms with Gasteiger partial charge < -0.3 is 14.6 Å². The molecule has 0 aromatic carbocycles. The molecule has 0 saturated carbocycles. The maximum Gasteiger partial charge on any atom is 0.350 e. The smallest absolute Gasteiger partial charge is 0.350 e. The highest BCUT2D eigenvalue weighted by molar-refractivity contribution is 7.17. The molecule has 8 heteroatoms. The summed E-state index contributed by atoms with van der Waals surface area (Å²) in [6.07, 6.45) is 1.39. The summed E-state index contributed by atoms with van der Waals surface area (Å²) in [6, 6.07) is 0. The van der Waals surface area contributed by atoms with Crippen LogP contribution in [0.5, 0.6) is 0 Å². The summed E-state index contributed by atoms with van der Waals surface area (Å²) in [5, 5.41) is 12.6. The maximum absolute atomic E-state index is 11.3. The second kappa shape index (κ2) is 5.92. The topological polar surface area (TPSA) is 108 Å². The van der Waals surface area contributed by atoms with Crippen LogP contribution in [-0.2, 0) is 14.3 Å². The number of carboxylic acids is 1. The number of esters is 1. The SMILES string of the molecule is COC(=O)c1sc(NC(=O)C=CC(=O)[O-])nc1C. The van der Waals surface area contributed by atoms with E-state index in [1.165, 1.54) is 7.11 Å². The second-order valence-corrected chi connectivity index (χ2v) is 4.07. The minimum Gasteiger partial charge on any atom is -0.545 e. The Hall–Kier alpha value is -2.22. The number of anilines is 1. The van der Waals surface area contributed by atoms with Gasteiger partial charge in [-0.05, 0) is 13.0 Å². The first-order valence-corrected chi connectivity index (χ1v) is 5.51. The molecule has 0 aliphatic rings. The summed E-state index contributed by atoms with van der Waals surface area (Å²) >= 11 is 0.940. The number of nitrogens with one attached hydrogen (secondary N) is 1. The van der Waals surface area contributed by atoms with Gasteiger partial charge in [-0.2, -0.15) is 0 Å². The van der Waals surface area contributed by atoms with Crippen molar-refractivity contribution in [1.82, 2.24) is 4.98 Å². The normalized spacial score (nSPS) is 10.3. The van der Waals surface area contributed by atoms with E-state index in [0.29, 0.717) is 11.8 Å². The van der Waals surface area contributed by atoms with Crippen LogP contribution in [0.15, 0.2) is 12.2 Å². The predicted octanol–water partition coefficient (Wildman–Crippen LogP) is -0.517. The van der Waals surface area contributed by atoms with Crippen LogP contribution in [0.1, 0.15) is 15.4 Å². The Bertz CT molecular complexity index is 520. The number of hydrogen-bond donors (Lipinski definition) is 1. The molecule has 1 aromatic rings. The van der Waals surface area contributed by atoms with Gasteiger partial charge in [0.25, 0.3) is 0 Å². The molecule has 0 aliphatic carbocycles. The lowest BCUT2D eigenvalue weighted by Gasteiger charge is -1.95. The van der Waals surface area contributed by atoms with E-state index in [-0.39, 0.29) is 10.0 Å². The number of rotatable bonds is 4. The Morgan fingerprint density at radius 2 is 2.06 bits per heavy atom. The van der Waals surface area contributed by atoms with Gasteiger partial charge >= 0.3 is 5.97 Å². The molecule has 0 saturated heterocycles. The summed E-state index contributed by atoms with van der Waals surface area (Å²) in [4.78, 5) is 36.8. The number of carbonyl (C=O) groups excluding carboxylic acids is 3. The lowest BCUT2D eigenvalue weighted by Crippen LogP contribution is -2.20. The quantitative estimate of drug-likeness (QED) is 0.582. The Kier molecular flexibility index (Phi) is 4.55. The van der Waals surface area contributed by atoms with Crippen molar-refractivity contribution < 1.29 is 24.2 Å². The minimum absolute atomic E-state index is 0.181. The summed E-state index contributed by atoms with van der Waals surface area (Å²) in [5.41, 5.74) is 0.422. The Morgan fingerprint density at radius 3 is 2.61 bits per heavy atom.